The van der Waals surface area contributed by atoms with Crippen LogP contribution in [0.15, 0.2) is 107 Å². The summed E-state index contributed by atoms with van der Waals surface area (Å²) in [5, 5.41) is 3.26. The van der Waals surface area contributed by atoms with Crippen molar-refractivity contribution in [3.8, 4) is 12.3 Å². The molecule has 7 heteroatoms. The first-order valence-corrected chi connectivity index (χ1v) is 16.5. The number of allylic oxidation sites excluding steroid dienone is 2. The molecule has 0 aromatic heterocycles. The molecule has 0 aliphatic carbocycles. The summed E-state index contributed by atoms with van der Waals surface area (Å²) in [6.07, 6.45) is 5.62. The summed E-state index contributed by atoms with van der Waals surface area (Å²) in [7, 11) is 0. The number of benzene rings is 3. The monoisotopic (exact) mass is 631 g/mol. The van der Waals surface area contributed by atoms with Gasteiger partial charge in [-0.05, 0) is 62.9 Å². The van der Waals surface area contributed by atoms with Crippen molar-refractivity contribution >= 4 is 11.9 Å². The van der Waals surface area contributed by atoms with Gasteiger partial charge in [-0.3, -0.25) is 9.80 Å². The summed E-state index contributed by atoms with van der Waals surface area (Å²) < 4.78 is 12.0. The number of esters is 2. The van der Waals surface area contributed by atoms with E-state index in [1.807, 2.05) is 71.0 Å². The van der Waals surface area contributed by atoms with Gasteiger partial charge in [0.25, 0.3) is 0 Å². The largest absolute Gasteiger partial charge is 0.460 e. The Labute approximate surface area is 279 Å². The number of carbonyl (C=O) groups is 2. The van der Waals surface area contributed by atoms with Crippen molar-refractivity contribution < 1.29 is 19.1 Å². The molecule has 0 amide bonds. The number of piperazine rings is 1. The zero-order chi connectivity index (χ0) is 33.5. The fourth-order valence-electron chi connectivity index (χ4n) is 6.73. The first kappa shape index (κ1) is 33.7. The van der Waals surface area contributed by atoms with Crippen LogP contribution in [0.5, 0.6) is 0 Å². The van der Waals surface area contributed by atoms with Crippen LogP contribution >= 0.6 is 0 Å². The molecule has 1 N–H and O–H groups in total. The summed E-state index contributed by atoms with van der Waals surface area (Å²) in [5.41, 5.74) is 5.94. The van der Waals surface area contributed by atoms with E-state index in [9.17, 15) is 9.59 Å². The maximum absolute atomic E-state index is 14.2. The average molecular weight is 632 g/mol. The molecule has 2 atom stereocenters. The number of nitrogens with zero attached hydrogens (tertiary/aromatic N) is 2. The van der Waals surface area contributed by atoms with Gasteiger partial charge in [0, 0.05) is 43.1 Å². The van der Waals surface area contributed by atoms with Gasteiger partial charge in [0.05, 0.1) is 29.2 Å². The number of nitrogens with one attached hydrogen (secondary N) is 1. The summed E-state index contributed by atoms with van der Waals surface area (Å²) in [6, 6.07) is 28.7. The number of carbonyl (C=O) groups excluding carboxylic acids is 2. The second-order valence-corrected chi connectivity index (χ2v) is 12.4. The number of hydrogen-bond acceptors (Lipinski definition) is 7. The molecule has 47 heavy (non-hydrogen) atoms. The van der Waals surface area contributed by atoms with E-state index in [4.69, 9.17) is 15.9 Å². The molecule has 3 aromatic carbocycles. The maximum atomic E-state index is 14.2. The lowest BCUT2D eigenvalue weighted by atomic mass is 9.80. The minimum atomic E-state index is -0.699. The van der Waals surface area contributed by atoms with E-state index in [1.165, 1.54) is 11.1 Å². The quantitative estimate of drug-likeness (QED) is 0.201. The van der Waals surface area contributed by atoms with Crippen molar-refractivity contribution in [3.05, 3.63) is 130 Å². The van der Waals surface area contributed by atoms with Crippen LogP contribution in [0.25, 0.3) is 0 Å². The normalized spacial score (nSPS) is 18.1. The van der Waals surface area contributed by atoms with E-state index in [1.54, 1.807) is 0 Å². The standard InChI is InChI=1S/C40H45N3O4/c1-7-30-16-15-21-33(26-30)37-35(39(44)46-27(3)4)28(5)41-29(6)36(37)40(45)47-34(8-2)42-22-24-43(25-23-42)38(31-17-11-9-12-18-31)32-19-13-10-14-20-32/h1,9-21,26-27,34,37-38,41H,8,22-25H2,2-6H3. The second kappa shape index (κ2) is 15.3. The average Bonchev–Trinajstić information content (AvgIpc) is 3.08. The Hall–Kier alpha value is -4.64. The Kier molecular flexibility index (Phi) is 11.0. The van der Waals surface area contributed by atoms with E-state index in [0.717, 1.165) is 31.7 Å². The highest BCUT2D eigenvalue weighted by Gasteiger charge is 2.40. The van der Waals surface area contributed by atoms with Crippen molar-refractivity contribution in [2.45, 2.75) is 65.3 Å². The molecule has 5 rings (SSSR count). The molecule has 2 unspecified atom stereocenters. The molecule has 0 saturated carbocycles. The Bertz CT molecular complexity index is 1620. The summed E-state index contributed by atoms with van der Waals surface area (Å²) >= 11 is 0. The van der Waals surface area contributed by atoms with Gasteiger partial charge >= 0.3 is 11.9 Å². The van der Waals surface area contributed by atoms with Gasteiger partial charge in [0.15, 0.2) is 6.23 Å². The fraction of sp³-hybridized carbons (Fsp3) is 0.350. The molecule has 3 aromatic rings. The molecule has 2 aliphatic rings. The predicted molar refractivity (Wildman–Crippen MR) is 185 cm³/mol. The topological polar surface area (TPSA) is 71.1 Å². The van der Waals surface area contributed by atoms with E-state index < -0.39 is 24.1 Å². The van der Waals surface area contributed by atoms with Crippen LogP contribution in [-0.2, 0) is 19.1 Å². The number of rotatable bonds is 10. The van der Waals surface area contributed by atoms with Crippen LogP contribution in [-0.4, -0.2) is 60.2 Å². The van der Waals surface area contributed by atoms with Gasteiger partial charge in [0.1, 0.15) is 0 Å². The van der Waals surface area contributed by atoms with Gasteiger partial charge in [-0.15, -0.1) is 6.42 Å². The van der Waals surface area contributed by atoms with Crippen LogP contribution in [0, 0.1) is 12.3 Å². The van der Waals surface area contributed by atoms with Crippen molar-refractivity contribution in [1.82, 2.24) is 15.1 Å². The van der Waals surface area contributed by atoms with Crippen LogP contribution in [0.2, 0.25) is 0 Å². The number of ether oxygens (including phenoxy) is 2. The van der Waals surface area contributed by atoms with Gasteiger partial charge < -0.3 is 14.8 Å². The third-order valence-corrected chi connectivity index (χ3v) is 8.87. The molecule has 2 aliphatic heterocycles. The molecule has 0 radical (unpaired) electrons. The van der Waals surface area contributed by atoms with E-state index >= 15 is 0 Å². The summed E-state index contributed by atoms with van der Waals surface area (Å²) in [5.74, 6) is 1.03. The Morgan fingerprint density at radius 1 is 0.809 bits per heavy atom. The number of hydrogen-bond donors (Lipinski definition) is 1. The van der Waals surface area contributed by atoms with Crippen LogP contribution < -0.4 is 5.32 Å². The van der Waals surface area contributed by atoms with Crippen LogP contribution in [0.3, 0.4) is 0 Å². The number of dihydropyridines is 1. The Morgan fingerprint density at radius 2 is 1.34 bits per heavy atom. The molecular formula is C40H45N3O4. The first-order chi connectivity index (χ1) is 22.7. The molecule has 7 nitrogen and oxygen atoms in total. The highest BCUT2D eigenvalue weighted by atomic mass is 16.6. The fourth-order valence-corrected chi connectivity index (χ4v) is 6.73. The van der Waals surface area contributed by atoms with E-state index in [-0.39, 0.29) is 12.1 Å². The molecule has 0 bridgehead atoms. The molecular weight excluding hydrogens is 586 g/mol. The lowest BCUT2D eigenvalue weighted by molar-refractivity contribution is -0.157. The van der Waals surface area contributed by atoms with Crippen LogP contribution in [0.1, 0.15) is 75.3 Å². The summed E-state index contributed by atoms with van der Waals surface area (Å²) in [4.78, 5) is 32.5. The molecule has 2 heterocycles. The van der Waals surface area contributed by atoms with Gasteiger partial charge in [0.2, 0.25) is 0 Å². The van der Waals surface area contributed by atoms with Gasteiger partial charge in [-0.1, -0.05) is 85.6 Å². The lowest BCUT2D eigenvalue weighted by Gasteiger charge is -2.42. The molecule has 1 saturated heterocycles. The molecule has 0 spiro atoms. The van der Waals surface area contributed by atoms with E-state index in [0.29, 0.717) is 34.5 Å². The van der Waals surface area contributed by atoms with Crippen molar-refractivity contribution in [2.75, 3.05) is 26.2 Å². The Morgan fingerprint density at radius 3 is 1.85 bits per heavy atom. The molecule has 244 valence electrons. The third-order valence-electron chi connectivity index (χ3n) is 8.87. The summed E-state index contributed by atoms with van der Waals surface area (Å²) in [6.45, 7) is 12.5. The Balaban J connectivity index is 1.37. The third kappa shape index (κ3) is 7.68. The minimum Gasteiger partial charge on any atom is -0.460 e. The van der Waals surface area contributed by atoms with E-state index in [2.05, 4.69) is 69.6 Å². The zero-order valence-electron chi connectivity index (χ0n) is 28.0. The maximum Gasteiger partial charge on any atom is 0.338 e. The highest BCUT2D eigenvalue weighted by Crippen LogP contribution is 2.40. The van der Waals surface area contributed by atoms with Gasteiger partial charge in [-0.2, -0.15) is 0 Å². The lowest BCUT2D eigenvalue weighted by Crippen LogP contribution is -2.52. The first-order valence-electron chi connectivity index (χ1n) is 16.5. The predicted octanol–water partition coefficient (Wildman–Crippen LogP) is 6.54. The van der Waals surface area contributed by atoms with Crippen molar-refractivity contribution in [2.24, 2.45) is 0 Å². The highest BCUT2D eigenvalue weighted by molar-refractivity contribution is 6.00. The smallest absolute Gasteiger partial charge is 0.338 e. The van der Waals surface area contributed by atoms with Crippen LogP contribution in [0.4, 0.5) is 0 Å². The molecule has 1 fully saturated rings. The minimum absolute atomic E-state index is 0.141. The van der Waals surface area contributed by atoms with Crippen molar-refractivity contribution in [1.29, 1.82) is 0 Å². The van der Waals surface area contributed by atoms with Gasteiger partial charge in [-0.25, -0.2) is 9.59 Å². The second-order valence-electron chi connectivity index (χ2n) is 12.4. The zero-order valence-corrected chi connectivity index (χ0v) is 28.0. The SMILES string of the molecule is C#Cc1cccc(C2C(C(=O)OC(C)C)=C(C)NC(C)=C2C(=O)OC(CC)N2CCN(C(c3ccccc3)c3ccccc3)CC2)c1. The van der Waals surface area contributed by atoms with Crippen molar-refractivity contribution in [3.63, 3.8) is 0 Å². The number of terminal acetylenes is 1.